The van der Waals surface area contributed by atoms with E-state index >= 15 is 0 Å². The molecule has 138 valence electrons. The molecule has 2 aromatic heterocycles. The highest BCUT2D eigenvalue weighted by atomic mass is 32.2. The predicted octanol–water partition coefficient (Wildman–Crippen LogP) is 3.40. The number of ether oxygens (including phenoxy) is 1. The summed E-state index contributed by atoms with van der Waals surface area (Å²) in [4.78, 5) is 4.38. The number of nitrogens with zero attached hydrogens (tertiary/aromatic N) is 4. The van der Waals surface area contributed by atoms with Crippen LogP contribution < -0.4 is 4.74 Å². The first-order valence-electron chi connectivity index (χ1n) is 8.67. The van der Waals surface area contributed by atoms with Crippen LogP contribution in [0.2, 0.25) is 0 Å². The van der Waals surface area contributed by atoms with E-state index in [0.717, 1.165) is 27.9 Å². The quantitative estimate of drug-likeness (QED) is 0.641. The van der Waals surface area contributed by atoms with Crippen LogP contribution in [0.25, 0.3) is 5.78 Å². The van der Waals surface area contributed by atoms with Gasteiger partial charge in [0.2, 0.25) is 0 Å². The van der Waals surface area contributed by atoms with E-state index in [1.54, 1.807) is 0 Å². The fourth-order valence-corrected chi connectivity index (χ4v) is 3.68. The smallest absolute Gasteiger partial charge is 0.256 e. The highest BCUT2D eigenvalue weighted by molar-refractivity contribution is 7.99. The minimum absolute atomic E-state index is 0.240. The number of fused-ring (bicyclic) bond motifs is 1. The van der Waals surface area contributed by atoms with Gasteiger partial charge in [0.15, 0.2) is 5.16 Å². The maximum atomic E-state index is 10.3. The topological polar surface area (TPSA) is 72.5 Å². The van der Waals surface area contributed by atoms with Crippen LogP contribution in [-0.2, 0) is 0 Å². The van der Waals surface area contributed by atoms with E-state index in [2.05, 4.69) is 35.1 Å². The summed E-state index contributed by atoms with van der Waals surface area (Å²) in [5.41, 5.74) is 3.08. The first-order valence-corrected chi connectivity index (χ1v) is 9.66. The molecule has 26 heavy (non-hydrogen) atoms. The van der Waals surface area contributed by atoms with Crippen molar-refractivity contribution in [1.82, 2.24) is 19.6 Å². The summed E-state index contributed by atoms with van der Waals surface area (Å²) in [5.74, 6) is 2.26. The molecule has 0 saturated carbocycles. The third kappa shape index (κ3) is 4.16. The van der Waals surface area contributed by atoms with E-state index in [-0.39, 0.29) is 6.61 Å². The molecule has 0 amide bonds. The summed E-state index contributed by atoms with van der Waals surface area (Å²) in [7, 11) is 0. The highest BCUT2D eigenvalue weighted by Crippen LogP contribution is 2.26. The summed E-state index contributed by atoms with van der Waals surface area (Å²) in [5, 5.41) is 19.3. The number of aryl methyl sites for hydroxylation is 2. The van der Waals surface area contributed by atoms with Crippen LogP contribution in [0, 0.1) is 13.8 Å². The molecule has 1 aromatic carbocycles. The number of para-hydroxylation sites is 1. The summed E-state index contributed by atoms with van der Waals surface area (Å²) in [6.45, 7) is 8.43. The molecule has 0 aliphatic carbocycles. The Balaban J connectivity index is 1.61. The lowest BCUT2D eigenvalue weighted by molar-refractivity contribution is 0.125. The summed E-state index contributed by atoms with van der Waals surface area (Å²) in [6.07, 6.45) is -0.605. The number of hydrogen-bond donors (Lipinski definition) is 1. The number of aliphatic hydroxyl groups excluding tert-OH is 1. The van der Waals surface area contributed by atoms with Crippen LogP contribution in [-0.4, -0.2) is 43.2 Å². The molecule has 0 aliphatic rings. The van der Waals surface area contributed by atoms with Gasteiger partial charge in [-0.2, -0.15) is 0 Å². The number of aliphatic hydroxyl groups is 1. The highest BCUT2D eigenvalue weighted by Gasteiger charge is 2.14. The Kier molecular flexibility index (Phi) is 5.78. The average Bonchev–Trinajstić information content (AvgIpc) is 3.01. The summed E-state index contributed by atoms with van der Waals surface area (Å²) >= 11 is 1.45. The third-order valence-electron chi connectivity index (χ3n) is 4.04. The molecule has 3 aromatic rings. The van der Waals surface area contributed by atoms with Crippen molar-refractivity contribution in [2.24, 2.45) is 0 Å². The molecule has 6 nitrogen and oxygen atoms in total. The normalized spacial score (nSPS) is 12.7. The van der Waals surface area contributed by atoms with Crippen LogP contribution in [0.15, 0.2) is 35.5 Å². The van der Waals surface area contributed by atoms with Gasteiger partial charge in [0.25, 0.3) is 5.78 Å². The zero-order chi connectivity index (χ0) is 18.7. The lowest BCUT2D eigenvalue weighted by atomic mass is 10.0. The lowest BCUT2D eigenvalue weighted by Crippen LogP contribution is -2.20. The molecular weight excluding hydrogens is 348 g/mol. The largest absolute Gasteiger partial charge is 0.491 e. The molecule has 0 unspecified atom stereocenters. The van der Waals surface area contributed by atoms with Gasteiger partial charge in [0, 0.05) is 17.1 Å². The van der Waals surface area contributed by atoms with Crippen LogP contribution in [0.3, 0.4) is 0 Å². The first-order chi connectivity index (χ1) is 12.5. The molecule has 0 spiro atoms. The van der Waals surface area contributed by atoms with Gasteiger partial charge in [-0.1, -0.05) is 43.8 Å². The van der Waals surface area contributed by atoms with Gasteiger partial charge < -0.3 is 9.84 Å². The molecule has 0 aliphatic heterocycles. The Morgan fingerprint density at radius 3 is 2.73 bits per heavy atom. The predicted molar refractivity (Wildman–Crippen MR) is 103 cm³/mol. The van der Waals surface area contributed by atoms with Crippen LogP contribution in [0.1, 0.15) is 36.7 Å². The Bertz CT molecular complexity index is 894. The van der Waals surface area contributed by atoms with Gasteiger partial charge in [-0.3, -0.25) is 4.40 Å². The Hall–Kier alpha value is -2.12. The summed E-state index contributed by atoms with van der Waals surface area (Å²) in [6, 6.07) is 9.94. The fraction of sp³-hybridized carbons (Fsp3) is 0.421. The van der Waals surface area contributed by atoms with Crippen LogP contribution in [0.4, 0.5) is 0 Å². The molecule has 0 fully saturated rings. The zero-order valence-corrected chi connectivity index (χ0v) is 16.3. The van der Waals surface area contributed by atoms with Gasteiger partial charge >= 0.3 is 0 Å². The van der Waals surface area contributed by atoms with Gasteiger partial charge in [-0.15, -0.1) is 10.2 Å². The second kappa shape index (κ2) is 8.05. The minimum atomic E-state index is -0.605. The number of hydrogen-bond acceptors (Lipinski definition) is 6. The average molecular weight is 372 g/mol. The van der Waals surface area contributed by atoms with Crippen molar-refractivity contribution < 1.29 is 9.84 Å². The Morgan fingerprint density at radius 2 is 1.96 bits per heavy atom. The lowest BCUT2D eigenvalue weighted by Gasteiger charge is -2.16. The molecule has 3 rings (SSSR count). The second-order valence-electron chi connectivity index (χ2n) is 6.63. The second-order valence-corrected chi connectivity index (χ2v) is 7.61. The molecule has 2 heterocycles. The maximum absolute atomic E-state index is 10.3. The number of thioether (sulfide) groups is 1. The summed E-state index contributed by atoms with van der Waals surface area (Å²) < 4.78 is 7.74. The Morgan fingerprint density at radius 1 is 1.19 bits per heavy atom. The molecule has 0 radical (unpaired) electrons. The standard InChI is InChI=1S/C19H24N4O2S/c1-12(2)16-7-5-6-8-17(16)25-10-15(24)11-26-19-22-21-18-20-13(3)9-14(4)23(18)19/h5-9,12,15,24H,10-11H2,1-4H3/t15-/m0/s1. The van der Waals surface area contributed by atoms with Crippen molar-refractivity contribution in [2.45, 2.75) is 44.9 Å². The number of aromatic nitrogens is 4. The van der Waals surface area contributed by atoms with Crippen molar-refractivity contribution in [3.05, 3.63) is 47.3 Å². The van der Waals surface area contributed by atoms with E-state index in [9.17, 15) is 5.11 Å². The molecule has 1 N–H and O–H groups in total. The van der Waals surface area contributed by atoms with Gasteiger partial charge in [0.05, 0.1) is 6.10 Å². The number of benzene rings is 1. The first kappa shape index (κ1) is 18.7. The monoisotopic (exact) mass is 372 g/mol. The van der Waals surface area contributed by atoms with E-state index in [0.29, 0.717) is 17.4 Å². The Labute approximate surface area is 157 Å². The van der Waals surface area contributed by atoms with Crippen LogP contribution >= 0.6 is 11.8 Å². The van der Waals surface area contributed by atoms with Crippen molar-refractivity contribution in [2.75, 3.05) is 12.4 Å². The number of rotatable bonds is 7. The maximum Gasteiger partial charge on any atom is 0.256 e. The zero-order valence-electron chi connectivity index (χ0n) is 15.5. The van der Waals surface area contributed by atoms with Gasteiger partial charge in [-0.25, -0.2) is 4.98 Å². The molecular formula is C19H24N4O2S. The van der Waals surface area contributed by atoms with Crippen molar-refractivity contribution in [3.8, 4) is 5.75 Å². The minimum Gasteiger partial charge on any atom is -0.491 e. The molecule has 1 atom stereocenters. The molecule has 0 bridgehead atoms. The van der Waals surface area contributed by atoms with Crippen molar-refractivity contribution in [1.29, 1.82) is 0 Å². The van der Waals surface area contributed by atoms with E-state index in [4.69, 9.17) is 4.74 Å². The van der Waals surface area contributed by atoms with Gasteiger partial charge in [0.1, 0.15) is 12.4 Å². The third-order valence-corrected chi connectivity index (χ3v) is 5.11. The van der Waals surface area contributed by atoms with Crippen molar-refractivity contribution in [3.63, 3.8) is 0 Å². The van der Waals surface area contributed by atoms with Crippen molar-refractivity contribution >= 4 is 17.5 Å². The SMILES string of the molecule is Cc1cc(C)n2c(SC[C@@H](O)COc3ccccc3C(C)C)nnc2n1. The van der Waals surface area contributed by atoms with E-state index in [1.165, 1.54) is 11.8 Å². The fourth-order valence-electron chi connectivity index (χ4n) is 2.79. The van der Waals surface area contributed by atoms with E-state index < -0.39 is 6.10 Å². The van der Waals surface area contributed by atoms with Gasteiger partial charge in [-0.05, 0) is 37.5 Å². The molecule has 7 heteroatoms. The van der Waals surface area contributed by atoms with E-state index in [1.807, 2.05) is 42.5 Å². The van der Waals surface area contributed by atoms with Crippen LogP contribution in [0.5, 0.6) is 5.75 Å². The molecule has 0 saturated heterocycles.